The van der Waals surface area contributed by atoms with Gasteiger partial charge in [0.15, 0.2) is 0 Å². The van der Waals surface area contributed by atoms with Gasteiger partial charge in [0.05, 0.1) is 17.6 Å². The Labute approximate surface area is 138 Å². The van der Waals surface area contributed by atoms with E-state index in [0.29, 0.717) is 5.41 Å². The number of imidazole rings is 1. The Balaban J connectivity index is 1.54. The second-order valence-corrected chi connectivity index (χ2v) is 7.38. The largest absolute Gasteiger partial charge is 0.327 e. The van der Waals surface area contributed by atoms with E-state index in [9.17, 15) is 0 Å². The molecule has 1 spiro atoms. The van der Waals surface area contributed by atoms with Gasteiger partial charge in [-0.1, -0.05) is 19.1 Å². The first-order valence-corrected chi connectivity index (χ1v) is 9.17. The Morgan fingerprint density at radius 2 is 2.00 bits per heavy atom. The van der Waals surface area contributed by atoms with Gasteiger partial charge in [0, 0.05) is 13.1 Å². The zero-order chi connectivity index (χ0) is 15.7. The molecule has 2 fully saturated rings. The van der Waals surface area contributed by atoms with Crippen LogP contribution in [0.15, 0.2) is 24.3 Å². The van der Waals surface area contributed by atoms with Crippen LogP contribution >= 0.6 is 0 Å². The first kappa shape index (κ1) is 15.2. The standard InChI is InChI=1S/C19H28N4/c1-2-12-23-17-6-4-3-5-16(17)21-18(23)14-22-13-9-19(15-22)7-10-20-11-8-19/h3-6,20H,2,7-15H2,1H3. The summed E-state index contributed by atoms with van der Waals surface area (Å²) in [6, 6.07) is 8.57. The minimum Gasteiger partial charge on any atom is -0.327 e. The second kappa shape index (κ2) is 6.25. The summed E-state index contributed by atoms with van der Waals surface area (Å²) >= 11 is 0. The average Bonchev–Trinajstić information content (AvgIpc) is 3.11. The van der Waals surface area contributed by atoms with E-state index < -0.39 is 0 Å². The van der Waals surface area contributed by atoms with Crippen molar-refractivity contribution in [3.05, 3.63) is 30.1 Å². The highest BCUT2D eigenvalue weighted by atomic mass is 15.2. The van der Waals surface area contributed by atoms with Gasteiger partial charge in [0.25, 0.3) is 0 Å². The molecule has 0 atom stereocenters. The summed E-state index contributed by atoms with van der Waals surface area (Å²) < 4.78 is 2.43. The predicted octanol–water partition coefficient (Wildman–Crippen LogP) is 3.02. The van der Waals surface area contributed by atoms with Gasteiger partial charge in [-0.3, -0.25) is 4.90 Å². The molecule has 0 radical (unpaired) electrons. The molecule has 124 valence electrons. The van der Waals surface area contributed by atoms with Crippen molar-refractivity contribution in [2.45, 2.75) is 45.7 Å². The predicted molar refractivity (Wildman–Crippen MR) is 94.5 cm³/mol. The van der Waals surface area contributed by atoms with Crippen LogP contribution in [-0.2, 0) is 13.1 Å². The lowest BCUT2D eigenvalue weighted by Crippen LogP contribution is -2.38. The van der Waals surface area contributed by atoms with E-state index in [0.717, 1.165) is 25.0 Å². The summed E-state index contributed by atoms with van der Waals surface area (Å²) in [4.78, 5) is 7.57. The molecule has 0 bridgehead atoms. The lowest BCUT2D eigenvalue weighted by atomic mass is 9.78. The number of piperidine rings is 1. The van der Waals surface area contributed by atoms with Crippen LogP contribution in [0.25, 0.3) is 11.0 Å². The average molecular weight is 312 g/mol. The van der Waals surface area contributed by atoms with Gasteiger partial charge >= 0.3 is 0 Å². The van der Waals surface area contributed by atoms with Gasteiger partial charge in [0.1, 0.15) is 5.82 Å². The Hall–Kier alpha value is -1.39. The molecule has 0 unspecified atom stereocenters. The van der Waals surface area contributed by atoms with E-state index in [1.165, 1.54) is 56.8 Å². The molecular weight excluding hydrogens is 284 g/mol. The van der Waals surface area contributed by atoms with Crippen molar-refractivity contribution in [1.29, 1.82) is 0 Å². The number of hydrogen-bond acceptors (Lipinski definition) is 3. The summed E-state index contributed by atoms with van der Waals surface area (Å²) in [6.07, 6.45) is 5.20. The second-order valence-electron chi connectivity index (χ2n) is 7.38. The first-order valence-electron chi connectivity index (χ1n) is 9.17. The quantitative estimate of drug-likeness (QED) is 0.942. The molecule has 2 aromatic rings. The molecule has 4 heteroatoms. The third kappa shape index (κ3) is 2.90. The van der Waals surface area contributed by atoms with Crippen LogP contribution in [0, 0.1) is 5.41 Å². The molecule has 1 N–H and O–H groups in total. The fourth-order valence-electron chi connectivity index (χ4n) is 4.45. The number of hydrogen-bond donors (Lipinski definition) is 1. The van der Waals surface area contributed by atoms with Crippen LogP contribution in [-0.4, -0.2) is 40.6 Å². The zero-order valence-electron chi connectivity index (χ0n) is 14.2. The molecule has 0 aliphatic carbocycles. The normalized spacial score (nSPS) is 21.4. The highest BCUT2D eigenvalue weighted by Gasteiger charge is 2.38. The Morgan fingerprint density at radius 1 is 1.17 bits per heavy atom. The van der Waals surface area contributed by atoms with E-state index in [1.54, 1.807) is 0 Å². The molecule has 1 aromatic carbocycles. The Kier molecular flexibility index (Phi) is 4.12. The molecule has 4 rings (SSSR count). The zero-order valence-corrected chi connectivity index (χ0v) is 14.2. The van der Waals surface area contributed by atoms with Crippen molar-refractivity contribution in [3.63, 3.8) is 0 Å². The molecule has 23 heavy (non-hydrogen) atoms. The molecule has 1 aromatic heterocycles. The maximum absolute atomic E-state index is 4.94. The summed E-state index contributed by atoms with van der Waals surface area (Å²) in [5.41, 5.74) is 3.01. The van der Waals surface area contributed by atoms with Crippen molar-refractivity contribution in [1.82, 2.24) is 19.8 Å². The third-order valence-electron chi connectivity index (χ3n) is 5.73. The molecule has 2 aliphatic rings. The third-order valence-corrected chi connectivity index (χ3v) is 5.73. The maximum atomic E-state index is 4.94. The highest BCUT2D eigenvalue weighted by molar-refractivity contribution is 5.75. The number of nitrogens with one attached hydrogen (secondary N) is 1. The molecule has 2 saturated heterocycles. The lowest BCUT2D eigenvalue weighted by Gasteiger charge is -2.33. The van der Waals surface area contributed by atoms with Crippen molar-refractivity contribution >= 4 is 11.0 Å². The molecule has 0 amide bonds. The van der Waals surface area contributed by atoms with Crippen LogP contribution in [0.1, 0.15) is 38.4 Å². The van der Waals surface area contributed by atoms with Crippen LogP contribution in [0.3, 0.4) is 0 Å². The number of nitrogens with zero attached hydrogens (tertiary/aromatic N) is 3. The van der Waals surface area contributed by atoms with Crippen molar-refractivity contribution in [3.8, 4) is 0 Å². The number of aromatic nitrogens is 2. The molecule has 2 aliphatic heterocycles. The number of fused-ring (bicyclic) bond motifs is 1. The van der Waals surface area contributed by atoms with Crippen molar-refractivity contribution < 1.29 is 0 Å². The number of rotatable bonds is 4. The van der Waals surface area contributed by atoms with Gasteiger partial charge < -0.3 is 9.88 Å². The fourth-order valence-corrected chi connectivity index (χ4v) is 4.45. The smallest absolute Gasteiger partial charge is 0.124 e. The van der Waals surface area contributed by atoms with Gasteiger partial charge in [-0.2, -0.15) is 0 Å². The number of aryl methyl sites for hydroxylation is 1. The minimum absolute atomic E-state index is 0.576. The van der Waals surface area contributed by atoms with E-state index in [-0.39, 0.29) is 0 Å². The molecule has 3 heterocycles. The van der Waals surface area contributed by atoms with E-state index in [4.69, 9.17) is 4.98 Å². The van der Waals surface area contributed by atoms with Crippen LogP contribution in [0.5, 0.6) is 0 Å². The highest BCUT2D eigenvalue weighted by Crippen LogP contribution is 2.39. The van der Waals surface area contributed by atoms with Gasteiger partial charge in [0.2, 0.25) is 0 Å². The number of para-hydroxylation sites is 2. The van der Waals surface area contributed by atoms with E-state index in [1.807, 2.05) is 0 Å². The van der Waals surface area contributed by atoms with Gasteiger partial charge in [-0.15, -0.1) is 0 Å². The van der Waals surface area contributed by atoms with Crippen LogP contribution < -0.4 is 5.32 Å². The fraction of sp³-hybridized carbons (Fsp3) is 0.632. The van der Waals surface area contributed by atoms with Gasteiger partial charge in [-0.05, 0) is 62.9 Å². The maximum Gasteiger partial charge on any atom is 0.124 e. The van der Waals surface area contributed by atoms with E-state index >= 15 is 0 Å². The summed E-state index contributed by atoms with van der Waals surface area (Å²) in [6.45, 7) is 9.20. The van der Waals surface area contributed by atoms with Crippen molar-refractivity contribution in [2.24, 2.45) is 5.41 Å². The summed E-state index contributed by atoms with van der Waals surface area (Å²) in [5.74, 6) is 1.25. The van der Waals surface area contributed by atoms with Gasteiger partial charge in [-0.25, -0.2) is 4.98 Å². The Morgan fingerprint density at radius 3 is 2.83 bits per heavy atom. The van der Waals surface area contributed by atoms with Crippen LogP contribution in [0.2, 0.25) is 0 Å². The SMILES string of the molecule is CCCn1c(CN2CCC3(CCNCC3)C2)nc2ccccc21. The van der Waals surface area contributed by atoms with E-state index in [2.05, 4.69) is 46.0 Å². The molecular formula is C19H28N4. The first-order chi connectivity index (χ1) is 11.3. The Bertz CT molecular complexity index is 669. The topological polar surface area (TPSA) is 33.1 Å². The lowest BCUT2D eigenvalue weighted by molar-refractivity contribution is 0.191. The van der Waals surface area contributed by atoms with Crippen LogP contribution in [0.4, 0.5) is 0 Å². The molecule has 0 saturated carbocycles. The monoisotopic (exact) mass is 312 g/mol. The summed E-state index contributed by atoms with van der Waals surface area (Å²) in [5, 5.41) is 3.51. The van der Waals surface area contributed by atoms with Crippen molar-refractivity contribution in [2.75, 3.05) is 26.2 Å². The molecule has 4 nitrogen and oxygen atoms in total. The number of likely N-dealkylation sites (tertiary alicyclic amines) is 1. The summed E-state index contributed by atoms with van der Waals surface area (Å²) in [7, 11) is 0. The number of benzene rings is 1. The minimum atomic E-state index is 0.576.